The van der Waals surface area contributed by atoms with Gasteiger partial charge in [0.2, 0.25) is 0 Å². The largest absolute Gasteiger partial charge is 0.461 e. The quantitative estimate of drug-likeness (QED) is 0.709. The molecule has 3 nitrogen and oxygen atoms in total. The summed E-state index contributed by atoms with van der Waals surface area (Å²) in [5.74, 6) is -0.0207. The van der Waals surface area contributed by atoms with Crippen LogP contribution in [0.5, 0.6) is 0 Å². The molecule has 0 aromatic heterocycles. The number of esters is 1. The lowest BCUT2D eigenvalue weighted by molar-refractivity contribution is -0.152. The van der Waals surface area contributed by atoms with Crippen LogP contribution in [0.1, 0.15) is 59.8 Å². The molecule has 0 bridgehead atoms. The van der Waals surface area contributed by atoms with Gasteiger partial charge >= 0.3 is 5.97 Å². The van der Waals surface area contributed by atoms with Crippen molar-refractivity contribution in [1.82, 2.24) is 4.90 Å². The van der Waals surface area contributed by atoms with Crippen LogP contribution in [0.2, 0.25) is 0 Å². The van der Waals surface area contributed by atoms with Gasteiger partial charge in [-0.2, -0.15) is 0 Å². The predicted molar refractivity (Wildman–Crippen MR) is 70.0 cm³/mol. The van der Waals surface area contributed by atoms with E-state index in [0.29, 0.717) is 6.42 Å². The summed E-state index contributed by atoms with van der Waals surface area (Å²) in [5, 5.41) is 0. The second kappa shape index (κ2) is 6.39. The van der Waals surface area contributed by atoms with Gasteiger partial charge in [-0.3, -0.25) is 9.69 Å². The van der Waals surface area contributed by atoms with Crippen molar-refractivity contribution in [2.45, 2.75) is 71.4 Å². The number of carbonyl (C=O) groups excluding carboxylic acids is 1. The maximum Gasteiger partial charge on any atom is 0.306 e. The smallest absolute Gasteiger partial charge is 0.306 e. The van der Waals surface area contributed by atoms with Gasteiger partial charge < -0.3 is 4.74 Å². The average molecular weight is 241 g/mol. The van der Waals surface area contributed by atoms with Crippen molar-refractivity contribution >= 4 is 5.97 Å². The first-order chi connectivity index (χ1) is 7.93. The lowest BCUT2D eigenvalue weighted by atomic mass is 9.99. The third kappa shape index (κ3) is 5.07. The molecule has 1 aliphatic heterocycles. The predicted octanol–water partition coefficient (Wildman–Crippen LogP) is 2.98. The van der Waals surface area contributed by atoms with Crippen LogP contribution in [0.4, 0.5) is 0 Å². The zero-order valence-electron chi connectivity index (χ0n) is 11.8. The molecule has 0 saturated carbocycles. The average Bonchev–Trinajstić information content (AvgIpc) is 2.25. The number of hydrogen-bond acceptors (Lipinski definition) is 3. The number of nitrogens with zero attached hydrogens (tertiary/aromatic N) is 1. The fourth-order valence-corrected chi connectivity index (χ4v) is 2.21. The van der Waals surface area contributed by atoms with Crippen molar-refractivity contribution in [3.05, 3.63) is 0 Å². The number of hydrogen-bond donors (Lipinski definition) is 0. The molecule has 17 heavy (non-hydrogen) atoms. The van der Waals surface area contributed by atoms with Crippen molar-refractivity contribution in [1.29, 1.82) is 0 Å². The Balaban J connectivity index is 2.37. The molecule has 3 heteroatoms. The van der Waals surface area contributed by atoms with Gasteiger partial charge in [0, 0.05) is 18.5 Å². The topological polar surface area (TPSA) is 29.5 Å². The number of likely N-dealkylation sites (tertiary alicyclic amines) is 1. The van der Waals surface area contributed by atoms with E-state index < -0.39 is 0 Å². The summed E-state index contributed by atoms with van der Waals surface area (Å²) in [7, 11) is 0. The Bertz CT molecular complexity index is 245. The van der Waals surface area contributed by atoms with Crippen molar-refractivity contribution in [3.63, 3.8) is 0 Å². The second-order valence-corrected chi connectivity index (χ2v) is 5.97. The Morgan fingerprint density at radius 1 is 1.41 bits per heavy atom. The molecule has 1 fully saturated rings. The van der Waals surface area contributed by atoms with Crippen LogP contribution in [0, 0.1) is 0 Å². The fourth-order valence-electron chi connectivity index (χ4n) is 2.21. The minimum absolute atomic E-state index is 0.0207. The number of carbonyl (C=O) groups is 1. The van der Waals surface area contributed by atoms with Crippen LogP contribution in [-0.2, 0) is 9.53 Å². The SMILES string of the molecule is CCCCC(=O)OC1CCCN(C(C)(C)C)C1. The van der Waals surface area contributed by atoms with E-state index in [2.05, 4.69) is 32.6 Å². The number of rotatable bonds is 4. The summed E-state index contributed by atoms with van der Waals surface area (Å²) in [4.78, 5) is 14.0. The van der Waals surface area contributed by atoms with Gasteiger partial charge in [-0.1, -0.05) is 13.3 Å². The molecule has 0 aliphatic carbocycles. The first-order valence-corrected chi connectivity index (χ1v) is 6.88. The Labute approximate surface area is 106 Å². The first-order valence-electron chi connectivity index (χ1n) is 6.88. The molecule has 1 atom stereocenters. The van der Waals surface area contributed by atoms with Crippen molar-refractivity contribution in [2.24, 2.45) is 0 Å². The third-order valence-corrected chi connectivity index (χ3v) is 3.36. The van der Waals surface area contributed by atoms with Gasteiger partial charge in [-0.05, 0) is 46.6 Å². The molecule has 0 N–H and O–H groups in total. The molecule has 1 heterocycles. The maximum atomic E-state index is 11.6. The lowest BCUT2D eigenvalue weighted by Crippen LogP contribution is -2.49. The van der Waals surface area contributed by atoms with Crippen LogP contribution in [0.15, 0.2) is 0 Å². The molecule has 1 aliphatic rings. The molecule has 0 amide bonds. The number of ether oxygens (including phenoxy) is 1. The zero-order chi connectivity index (χ0) is 12.9. The molecule has 100 valence electrons. The summed E-state index contributed by atoms with van der Waals surface area (Å²) in [6.07, 6.45) is 4.81. The Kier molecular flexibility index (Phi) is 5.44. The van der Waals surface area contributed by atoms with E-state index in [9.17, 15) is 4.79 Å². The molecule has 1 unspecified atom stereocenters. The fraction of sp³-hybridized carbons (Fsp3) is 0.929. The summed E-state index contributed by atoms with van der Waals surface area (Å²) < 4.78 is 5.54. The summed E-state index contributed by atoms with van der Waals surface area (Å²) >= 11 is 0. The van der Waals surface area contributed by atoms with Gasteiger partial charge in [0.1, 0.15) is 6.10 Å². The molecule has 0 radical (unpaired) electrons. The molecule has 1 saturated heterocycles. The highest BCUT2D eigenvalue weighted by atomic mass is 16.5. The van der Waals surface area contributed by atoms with E-state index in [1.54, 1.807) is 0 Å². The summed E-state index contributed by atoms with van der Waals surface area (Å²) in [6, 6.07) is 0. The van der Waals surface area contributed by atoms with E-state index in [-0.39, 0.29) is 17.6 Å². The van der Waals surface area contributed by atoms with E-state index in [4.69, 9.17) is 4.74 Å². The molecular formula is C14H27NO2. The highest BCUT2D eigenvalue weighted by Crippen LogP contribution is 2.22. The van der Waals surface area contributed by atoms with E-state index in [1.165, 1.54) is 0 Å². The van der Waals surface area contributed by atoms with Crippen LogP contribution >= 0.6 is 0 Å². The molecule has 0 aromatic rings. The molecule has 1 rings (SSSR count). The van der Waals surface area contributed by atoms with Crippen molar-refractivity contribution in [2.75, 3.05) is 13.1 Å². The van der Waals surface area contributed by atoms with Gasteiger partial charge in [-0.15, -0.1) is 0 Å². The van der Waals surface area contributed by atoms with Crippen LogP contribution in [-0.4, -0.2) is 35.6 Å². The lowest BCUT2D eigenvalue weighted by Gasteiger charge is -2.41. The first kappa shape index (κ1) is 14.5. The second-order valence-electron chi connectivity index (χ2n) is 5.97. The standard InChI is InChI=1S/C14H27NO2/c1-5-6-9-13(16)17-12-8-7-10-15(11-12)14(2,3)4/h12H,5-11H2,1-4H3. The summed E-state index contributed by atoms with van der Waals surface area (Å²) in [6.45, 7) is 10.7. The van der Waals surface area contributed by atoms with E-state index >= 15 is 0 Å². The van der Waals surface area contributed by atoms with Crippen molar-refractivity contribution in [3.8, 4) is 0 Å². The highest BCUT2D eigenvalue weighted by Gasteiger charge is 2.29. The maximum absolute atomic E-state index is 11.6. The normalized spacial score (nSPS) is 22.5. The van der Waals surface area contributed by atoms with Crippen molar-refractivity contribution < 1.29 is 9.53 Å². The number of piperidine rings is 1. The minimum atomic E-state index is -0.0207. The number of unbranched alkanes of at least 4 members (excludes halogenated alkanes) is 1. The monoisotopic (exact) mass is 241 g/mol. The zero-order valence-corrected chi connectivity index (χ0v) is 11.8. The van der Waals surface area contributed by atoms with Gasteiger partial charge in [-0.25, -0.2) is 0 Å². The molecule has 0 aromatic carbocycles. The molecular weight excluding hydrogens is 214 g/mol. The minimum Gasteiger partial charge on any atom is -0.461 e. The van der Waals surface area contributed by atoms with Gasteiger partial charge in [0.05, 0.1) is 0 Å². The Morgan fingerprint density at radius 2 is 2.12 bits per heavy atom. The Hall–Kier alpha value is -0.570. The molecule has 0 spiro atoms. The van der Waals surface area contributed by atoms with Crippen LogP contribution in [0.25, 0.3) is 0 Å². The van der Waals surface area contributed by atoms with Crippen LogP contribution in [0.3, 0.4) is 0 Å². The van der Waals surface area contributed by atoms with Gasteiger partial charge in [0.15, 0.2) is 0 Å². The Morgan fingerprint density at radius 3 is 2.71 bits per heavy atom. The van der Waals surface area contributed by atoms with E-state index in [1.807, 2.05) is 0 Å². The summed E-state index contributed by atoms with van der Waals surface area (Å²) in [5.41, 5.74) is 0.175. The van der Waals surface area contributed by atoms with Crippen LogP contribution < -0.4 is 0 Å². The highest BCUT2D eigenvalue weighted by molar-refractivity contribution is 5.69. The van der Waals surface area contributed by atoms with E-state index in [0.717, 1.165) is 38.8 Å². The third-order valence-electron chi connectivity index (χ3n) is 3.36. The van der Waals surface area contributed by atoms with Gasteiger partial charge in [0.25, 0.3) is 0 Å².